The maximum absolute atomic E-state index is 11.5. The van der Waals surface area contributed by atoms with Crippen LogP contribution in [0.5, 0.6) is 0 Å². The predicted octanol–water partition coefficient (Wildman–Crippen LogP) is 1.85. The molecule has 1 fully saturated rings. The lowest BCUT2D eigenvalue weighted by Crippen LogP contribution is -2.26. The van der Waals surface area contributed by atoms with Crippen molar-refractivity contribution in [3.8, 4) is 0 Å². The maximum Gasteiger partial charge on any atom is 0.305 e. The van der Waals surface area contributed by atoms with E-state index in [1.807, 2.05) is 24.3 Å². The van der Waals surface area contributed by atoms with E-state index in [2.05, 4.69) is 31.4 Å². The second kappa shape index (κ2) is 6.67. The molecule has 1 saturated heterocycles. The summed E-state index contributed by atoms with van der Waals surface area (Å²) < 4.78 is 0.969. The number of rotatable bonds is 4. The molecule has 0 saturated carbocycles. The molecule has 1 aliphatic heterocycles. The smallest absolute Gasteiger partial charge is 0.305 e. The maximum atomic E-state index is 11.5. The van der Waals surface area contributed by atoms with Crippen LogP contribution in [-0.4, -0.2) is 33.6 Å². The van der Waals surface area contributed by atoms with Gasteiger partial charge >= 0.3 is 5.97 Å². The van der Waals surface area contributed by atoms with E-state index in [9.17, 15) is 9.59 Å². The molecule has 1 atom stereocenters. The van der Waals surface area contributed by atoms with Crippen LogP contribution in [0, 0.1) is 0 Å². The number of hydrogen-bond acceptors (Lipinski definition) is 5. The monoisotopic (exact) mass is 355 g/mol. The number of hydrogen-bond donors (Lipinski definition) is 2. The Kier molecular flexibility index (Phi) is 4.91. The number of nitrogens with zero attached hydrogens (tertiary/aromatic N) is 2. The normalized spacial score (nSPS) is 20.6. The van der Waals surface area contributed by atoms with E-state index in [0.29, 0.717) is 5.17 Å². The van der Waals surface area contributed by atoms with Gasteiger partial charge in [-0.15, -0.1) is 5.10 Å². The number of amidine groups is 1. The van der Waals surface area contributed by atoms with Gasteiger partial charge in [0.05, 0.1) is 12.6 Å². The van der Waals surface area contributed by atoms with Crippen LogP contribution < -0.4 is 5.32 Å². The van der Waals surface area contributed by atoms with Crippen molar-refractivity contribution in [1.82, 2.24) is 5.32 Å². The Hall–Kier alpha value is -1.67. The van der Waals surface area contributed by atoms with Crippen molar-refractivity contribution in [2.45, 2.75) is 11.7 Å². The summed E-state index contributed by atoms with van der Waals surface area (Å²) in [5, 5.41) is 18.5. The van der Waals surface area contributed by atoms with Gasteiger partial charge in [0, 0.05) is 4.47 Å². The first-order chi connectivity index (χ1) is 9.54. The Morgan fingerprint density at radius 3 is 2.80 bits per heavy atom. The molecule has 6 nitrogen and oxygen atoms in total. The van der Waals surface area contributed by atoms with Crippen molar-refractivity contribution in [2.75, 3.05) is 0 Å². The van der Waals surface area contributed by atoms with Gasteiger partial charge in [0.25, 0.3) is 0 Å². The number of carboxylic acid groups (broad SMARTS) is 1. The van der Waals surface area contributed by atoms with Crippen LogP contribution >= 0.6 is 27.7 Å². The molecule has 20 heavy (non-hydrogen) atoms. The second-order valence-electron chi connectivity index (χ2n) is 3.89. The number of nitrogens with one attached hydrogen (secondary N) is 1. The molecule has 2 rings (SSSR count). The summed E-state index contributed by atoms with van der Waals surface area (Å²) in [6, 6.07) is 7.48. The topological polar surface area (TPSA) is 91.1 Å². The fraction of sp³-hybridized carbons (Fsp3) is 0.167. The zero-order valence-electron chi connectivity index (χ0n) is 10.1. The summed E-state index contributed by atoms with van der Waals surface area (Å²) in [6.45, 7) is 0. The first kappa shape index (κ1) is 14.7. The Labute approximate surface area is 127 Å². The number of thioether (sulfide) groups is 1. The minimum absolute atomic E-state index is 0.230. The number of halogens is 1. The van der Waals surface area contributed by atoms with Crippen LogP contribution in [0.4, 0.5) is 0 Å². The highest BCUT2D eigenvalue weighted by molar-refractivity contribution is 9.10. The summed E-state index contributed by atoms with van der Waals surface area (Å²) in [4.78, 5) is 22.0. The van der Waals surface area contributed by atoms with Gasteiger partial charge in [-0.3, -0.25) is 9.59 Å². The molecule has 0 bridgehead atoms. The van der Waals surface area contributed by atoms with Crippen molar-refractivity contribution in [1.29, 1.82) is 0 Å². The zero-order valence-corrected chi connectivity index (χ0v) is 12.5. The highest BCUT2D eigenvalue weighted by atomic mass is 79.9. The molecule has 0 unspecified atom stereocenters. The van der Waals surface area contributed by atoms with Crippen LogP contribution in [0.1, 0.15) is 12.0 Å². The van der Waals surface area contributed by atoms with Crippen molar-refractivity contribution in [3.63, 3.8) is 0 Å². The van der Waals surface area contributed by atoms with Crippen LogP contribution in [-0.2, 0) is 9.59 Å². The standard InChI is InChI=1S/C12H10BrN3O3S/c13-8-3-1-7(2-4-8)6-14-16-12-15-11(19)9(20-12)5-10(17)18/h1-4,6,9H,5H2,(H,17,18)(H,15,16,19)/b14-6+/t9-/m0/s1. The van der Waals surface area contributed by atoms with Gasteiger partial charge in [-0.2, -0.15) is 5.10 Å². The second-order valence-corrected chi connectivity index (χ2v) is 6.00. The Balaban J connectivity index is 1.97. The highest BCUT2D eigenvalue weighted by Crippen LogP contribution is 2.22. The lowest BCUT2D eigenvalue weighted by Gasteiger charge is -1.97. The number of carbonyl (C=O) groups excluding carboxylic acids is 1. The first-order valence-corrected chi connectivity index (χ1v) is 7.28. The van der Waals surface area contributed by atoms with E-state index in [1.54, 1.807) is 6.21 Å². The minimum Gasteiger partial charge on any atom is -0.481 e. The van der Waals surface area contributed by atoms with Crippen LogP contribution in [0.2, 0.25) is 0 Å². The van der Waals surface area contributed by atoms with Gasteiger partial charge in [0.1, 0.15) is 5.25 Å². The zero-order chi connectivity index (χ0) is 14.5. The van der Waals surface area contributed by atoms with Gasteiger partial charge in [-0.25, -0.2) is 0 Å². The van der Waals surface area contributed by atoms with Crippen LogP contribution in [0.3, 0.4) is 0 Å². The minimum atomic E-state index is -1.02. The van der Waals surface area contributed by atoms with Crippen LogP contribution in [0.15, 0.2) is 38.9 Å². The SMILES string of the molecule is O=C(O)C[C@@H]1S/C(=N\N=C\c2ccc(Br)cc2)NC1=O. The first-order valence-electron chi connectivity index (χ1n) is 5.60. The summed E-state index contributed by atoms with van der Waals surface area (Å²) in [5.41, 5.74) is 0.869. The molecule has 0 aromatic heterocycles. The molecule has 1 amide bonds. The van der Waals surface area contributed by atoms with E-state index in [1.165, 1.54) is 0 Å². The number of carboxylic acids is 1. The molecule has 1 aliphatic rings. The average Bonchev–Trinajstić information content (AvgIpc) is 2.72. The quantitative estimate of drug-likeness (QED) is 0.636. The lowest BCUT2D eigenvalue weighted by molar-refractivity contribution is -0.138. The van der Waals surface area contributed by atoms with Crippen molar-refractivity contribution >= 4 is 51.0 Å². The summed E-state index contributed by atoms with van der Waals surface area (Å²) in [5.74, 6) is -1.37. The van der Waals surface area contributed by atoms with Gasteiger partial charge in [0.15, 0.2) is 5.17 Å². The number of amides is 1. The van der Waals surface area contributed by atoms with Crippen molar-refractivity contribution < 1.29 is 14.7 Å². The third-order valence-electron chi connectivity index (χ3n) is 2.36. The van der Waals surface area contributed by atoms with E-state index in [0.717, 1.165) is 21.8 Å². The average molecular weight is 356 g/mol. The van der Waals surface area contributed by atoms with E-state index in [-0.39, 0.29) is 12.3 Å². The molecular weight excluding hydrogens is 346 g/mol. The largest absolute Gasteiger partial charge is 0.481 e. The number of benzene rings is 1. The fourth-order valence-electron chi connectivity index (χ4n) is 1.44. The van der Waals surface area contributed by atoms with Crippen LogP contribution in [0.25, 0.3) is 0 Å². The highest BCUT2D eigenvalue weighted by Gasteiger charge is 2.32. The molecule has 104 valence electrons. The number of carbonyl (C=O) groups is 2. The Morgan fingerprint density at radius 1 is 1.45 bits per heavy atom. The van der Waals surface area contributed by atoms with Gasteiger partial charge in [-0.05, 0) is 17.7 Å². The fourth-order valence-corrected chi connectivity index (χ4v) is 2.62. The third kappa shape index (κ3) is 4.17. The summed E-state index contributed by atoms with van der Waals surface area (Å²) >= 11 is 4.40. The Morgan fingerprint density at radius 2 is 2.15 bits per heavy atom. The summed E-state index contributed by atoms with van der Waals surface area (Å²) in [6.07, 6.45) is 1.32. The molecule has 8 heteroatoms. The molecule has 0 radical (unpaired) electrons. The van der Waals surface area contributed by atoms with Crippen molar-refractivity contribution in [3.05, 3.63) is 34.3 Å². The molecular formula is C12H10BrN3O3S. The molecule has 1 aromatic carbocycles. The van der Waals surface area contributed by atoms with E-state index in [4.69, 9.17) is 5.11 Å². The number of aliphatic carboxylic acids is 1. The third-order valence-corrected chi connectivity index (χ3v) is 3.96. The van der Waals surface area contributed by atoms with E-state index < -0.39 is 11.2 Å². The molecule has 1 heterocycles. The van der Waals surface area contributed by atoms with E-state index >= 15 is 0 Å². The molecule has 0 aliphatic carbocycles. The van der Waals surface area contributed by atoms with Gasteiger partial charge < -0.3 is 10.4 Å². The molecule has 1 aromatic rings. The van der Waals surface area contributed by atoms with Crippen molar-refractivity contribution in [2.24, 2.45) is 10.2 Å². The van der Waals surface area contributed by atoms with Gasteiger partial charge in [0.2, 0.25) is 5.91 Å². The lowest BCUT2D eigenvalue weighted by atomic mass is 10.2. The molecule has 0 spiro atoms. The molecule has 2 N–H and O–H groups in total. The Bertz CT molecular complexity index is 586. The van der Waals surface area contributed by atoms with Gasteiger partial charge in [-0.1, -0.05) is 39.8 Å². The summed E-state index contributed by atoms with van der Waals surface area (Å²) in [7, 11) is 0. The predicted molar refractivity (Wildman–Crippen MR) is 80.9 cm³/mol.